The highest BCUT2D eigenvalue weighted by Crippen LogP contribution is 2.30. The van der Waals surface area contributed by atoms with E-state index in [2.05, 4.69) is 0 Å². The summed E-state index contributed by atoms with van der Waals surface area (Å²) in [5.74, 6) is -0.935. The van der Waals surface area contributed by atoms with Crippen molar-refractivity contribution in [2.45, 2.75) is 20.4 Å². The first-order chi connectivity index (χ1) is 9.49. The van der Waals surface area contributed by atoms with Gasteiger partial charge in [-0.05, 0) is 19.9 Å². The van der Waals surface area contributed by atoms with Crippen molar-refractivity contribution in [1.29, 1.82) is 5.41 Å². The Bertz CT molecular complexity index is 734. The predicted molar refractivity (Wildman–Crippen MR) is 73.3 cm³/mol. The number of carboxylic acids is 1. The van der Waals surface area contributed by atoms with E-state index in [-0.39, 0.29) is 16.7 Å². The average Bonchev–Trinajstić information content (AvgIpc) is 2.41. The summed E-state index contributed by atoms with van der Waals surface area (Å²) in [6.07, 6.45) is 1.43. The van der Waals surface area contributed by atoms with E-state index >= 15 is 0 Å². The standard InChI is InChI=1S/C14H16N2O4/c1-3-16-7-9(14(18)19)13(15)8-5-11(17)12(20-4-2)6-10(8)16/h5-7,15,17H,3-4H2,1-2H3,(H,18,19). The van der Waals surface area contributed by atoms with Gasteiger partial charge in [-0.1, -0.05) is 0 Å². The Labute approximate surface area is 115 Å². The normalized spacial score (nSPS) is 10.7. The van der Waals surface area contributed by atoms with E-state index in [1.807, 2.05) is 6.92 Å². The summed E-state index contributed by atoms with van der Waals surface area (Å²) in [7, 11) is 0. The van der Waals surface area contributed by atoms with Gasteiger partial charge in [-0.2, -0.15) is 0 Å². The fraction of sp³-hybridized carbons (Fsp3) is 0.286. The molecule has 0 fully saturated rings. The Morgan fingerprint density at radius 3 is 2.65 bits per heavy atom. The molecule has 20 heavy (non-hydrogen) atoms. The molecule has 0 aliphatic rings. The lowest BCUT2D eigenvalue weighted by molar-refractivity contribution is 0.0694. The van der Waals surface area contributed by atoms with E-state index in [1.54, 1.807) is 17.6 Å². The van der Waals surface area contributed by atoms with Crippen molar-refractivity contribution in [2.75, 3.05) is 6.61 Å². The molecular formula is C14H16N2O4. The second kappa shape index (κ2) is 5.24. The molecule has 1 aromatic carbocycles. The first-order valence-electron chi connectivity index (χ1n) is 6.30. The molecule has 1 heterocycles. The molecule has 0 radical (unpaired) electrons. The van der Waals surface area contributed by atoms with Gasteiger partial charge in [0.1, 0.15) is 5.56 Å². The Morgan fingerprint density at radius 2 is 2.10 bits per heavy atom. The van der Waals surface area contributed by atoms with Crippen molar-refractivity contribution in [3.05, 3.63) is 29.3 Å². The monoisotopic (exact) mass is 276 g/mol. The predicted octanol–water partition coefficient (Wildman–Crippen LogP) is 1.94. The average molecular weight is 276 g/mol. The number of nitrogens with zero attached hydrogens (tertiary/aromatic N) is 1. The number of ether oxygens (including phenoxy) is 1. The Kier molecular flexibility index (Phi) is 3.65. The molecule has 1 aromatic heterocycles. The highest BCUT2D eigenvalue weighted by Gasteiger charge is 2.14. The zero-order valence-electron chi connectivity index (χ0n) is 11.3. The number of fused-ring (bicyclic) bond motifs is 1. The van der Waals surface area contributed by atoms with Gasteiger partial charge in [0, 0.05) is 24.2 Å². The summed E-state index contributed by atoms with van der Waals surface area (Å²) < 4.78 is 7.04. The fourth-order valence-corrected chi connectivity index (χ4v) is 2.13. The van der Waals surface area contributed by atoms with Crippen molar-refractivity contribution < 1.29 is 19.7 Å². The van der Waals surface area contributed by atoms with Gasteiger partial charge in [0.05, 0.1) is 17.5 Å². The minimum absolute atomic E-state index is 0.0945. The lowest BCUT2D eigenvalue weighted by atomic mass is 10.1. The molecule has 2 rings (SSSR count). The van der Waals surface area contributed by atoms with Gasteiger partial charge in [0.15, 0.2) is 11.5 Å². The number of rotatable bonds is 4. The molecule has 0 saturated carbocycles. The zero-order valence-corrected chi connectivity index (χ0v) is 11.3. The van der Waals surface area contributed by atoms with Gasteiger partial charge in [-0.3, -0.25) is 5.41 Å². The van der Waals surface area contributed by atoms with Crippen LogP contribution >= 0.6 is 0 Å². The van der Waals surface area contributed by atoms with Gasteiger partial charge in [0.2, 0.25) is 0 Å². The summed E-state index contributed by atoms with van der Waals surface area (Å²) in [6, 6.07) is 3.00. The number of aromatic carboxylic acids is 1. The van der Waals surface area contributed by atoms with E-state index in [0.717, 1.165) is 0 Å². The third kappa shape index (κ3) is 2.20. The number of carbonyl (C=O) groups is 1. The third-order valence-electron chi connectivity index (χ3n) is 3.08. The zero-order chi connectivity index (χ0) is 14.9. The smallest absolute Gasteiger partial charge is 0.339 e. The minimum atomic E-state index is -1.16. The molecule has 0 amide bonds. The third-order valence-corrected chi connectivity index (χ3v) is 3.08. The van der Waals surface area contributed by atoms with Gasteiger partial charge in [-0.15, -0.1) is 0 Å². The molecule has 6 heteroatoms. The molecular weight excluding hydrogens is 260 g/mol. The second-order valence-corrected chi connectivity index (χ2v) is 4.28. The summed E-state index contributed by atoms with van der Waals surface area (Å²) in [6.45, 7) is 4.64. The lowest BCUT2D eigenvalue weighted by Gasteiger charge is -2.13. The summed E-state index contributed by atoms with van der Waals surface area (Å²) in [4.78, 5) is 11.2. The summed E-state index contributed by atoms with van der Waals surface area (Å²) in [5, 5.41) is 27.3. The highest BCUT2D eigenvalue weighted by atomic mass is 16.5. The Hall–Kier alpha value is -2.50. The van der Waals surface area contributed by atoms with Gasteiger partial charge < -0.3 is 19.5 Å². The highest BCUT2D eigenvalue weighted by molar-refractivity contribution is 5.93. The first-order valence-corrected chi connectivity index (χ1v) is 6.30. The molecule has 0 aliphatic heterocycles. The number of pyridine rings is 1. The number of phenols is 1. The molecule has 0 unspecified atom stereocenters. The van der Waals surface area contributed by atoms with Crippen LogP contribution in [0.2, 0.25) is 0 Å². The van der Waals surface area contributed by atoms with Crippen molar-refractivity contribution in [1.82, 2.24) is 4.57 Å². The van der Waals surface area contributed by atoms with E-state index < -0.39 is 5.97 Å². The van der Waals surface area contributed by atoms with Crippen LogP contribution in [0.5, 0.6) is 11.5 Å². The number of hydrogen-bond donors (Lipinski definition) is 3. The van der Waals surface area contributed by atoms with Gasteiger partial charge in [0.25, 0.3) is 0 Å². The van der Waals surface area contributed by atoms with Gasteiger partial charge in [-0.25, -0.2) is 4.79 Å². The quantitative estimate of drug-likeness (QED) is 0.795. The number of hydrogen-bond acceptors (Lipinski definition) is 4. The number of aromatic nitrogens is 1. The summed E-state index contributed by atoms with van der Waals surface area (Å²) in [5.41, 5.74) is 0.562. The molecule has 2 aromatic rings. The largest absolute Gasteiger partial charge is 0.504 e. The topological polar surface area (TPSA) is 95.5 Å². The first kappa shape index (κ1) is 13.9. The van der Waals surface area contributed by atoms with Crippen LogP contribution in [-0.4, -0.2) is 27.4 Å². The van der Waals surface area contributed by atoms with Crippen molar-refractivity contribution in [3.63, 3.8) is 0 Å². The molecule has 6 nitrogen and oxygen atoms in total. The minimum Gasteiger partial charge on any atom is -0.504 e. The summed E-state index contributed by atoms with van der Waals surface area (Å²) >= 11 is 0. The maximum atomic E-state index is 11.2. The van der Waals surface area contributed by atoms with Crippen LogP contribution in [0, 0.1) is 5.41 Å². The van der Waals surface area contributed by atoms with Crippen molar-refractivity contribution in [2.24, 2.45) is 0 Å². The number of nitrogens with one attached hydrogen (secondary N) is 1. The van der Waals surface area contributed by atoms with E-state index in [4.69, 9.17) is 15.3 Å². The molecule has 106 valence electrons. The number of benzene rings is 1. The van der Waals surface area contributed by atoms with E-state index in [9.17, 15) is 9.90 Å². The number of aromatic hydroxyl groups is 1. The van der Waals surface area contributed by atoms with Crippen molar-refractivity contribution in [3.8, 4) is 11.5 Å². The van der Waals surface area contributed by atoms with Crippen LogP contribution in [0.25, 0.3) is 10.9 Å². The molecule has 0 spiro atoms. The number of aryl methyl sites for hydroxylation is 1. The maximum absolute atomic E-state index is 11.2. The van der Waals surface area contributed by atoms with Crippen LogP contribution in [-0.2, 0) is 6.54 Å². The SMILES string of the molecule is CCOc1cc2c(cc1O)c(=N)c(C(=O)O)cn2CC. The number of carboxylic acid groups (broad SMARTS) is 1. The van der Waals surface area contributed by atoms with Crippen LogP contribution < -0.4 is 10.1 Å². The molecule has 0 saturated heterocycles. The Morgan fingerprint density at radius 1 is 1.40 bits per heavy atom. The lowest BCUT2D eigenvalue weighted by Crippen LogP contribution is -2.19. The number of phenolic OH excluding ortho intramolecular Hbond substituents is 1. The maximum Gasteiger partial charge on any atom is 0.339 e. The molecule has 0 bridgehead atoms. The molecule has 0 aliphatic carbocycles. The van der Waals surface area contributed by atoms with Crippen LogP contribution in [0.1, 0.15) is 24.2 Å². The molecule has 0 atom stereocenters. The van der Waals surface area contributed by atoms with Crippen LogP contribution in [0.4, 0.5) is 0 Å². The van der Waals surface area contributed by atoms with Crippen LogP contribution in [0.15, 0.2) is 18.3 Å². The van der Waals surface area contributed by atoms with Crippen molar-refractivity contribution >= 4 is 16.9 Å². The van der Waals surface area contributed by atoms with E-state index in [0.29, 0.717) is 29.8 Å². The molecule has 3 N–H and O–H groups in total. The van der Waals surface area contributed by atoms with Crippen LogP contribution in [0.3, 0.4) is 0 Å². The Balaban J connectivity index is 2.86. The second-order valence-electron chi connectivity index (χ2n) is 4.28. The van der Waals surface area contributed by atoms with Gasteiger partial charge >= 0.3 is 5.97 Å². The van der Waals surface area contributed by atoms with E-state index in [1.165, 1.54) is 12.3 Å². The fourth-order valence-electron chi connectivity index (χ4n) is 2.13.